The fourth-order valence-electron chi connectivity index (χ4n) is 4.57. The molecule has 0 saturated carbocycles. The summed E-state index contributed by atoms with van der Waals surface area (Å²) in [7, 11) is 1.97. The first-order valence-corrected chi connectivity index (χ1v) is 11.6. The summed E-state index contributed by atoms with van der Waals surface area (Å²) in [5.41, 5.74) is 5.22. The molecule has 2 aliphatic rings. The van der Waals surface area contributed by atoms with Gasteiger partial charge in [0.1, 0.15) is 5.01 Å². The summed E-state index contributed by atoms with van der Waals surface area (Å²) in [4.78, 5) is 19.7. The number of carbonyl (C=O) groups is 1. The third kappa shape index (κ3) is 3.79. The molecule has 0 spiro atoms. The topological polar surface area (TPSA) is 63.1 Å². The number of likely N-dealkylation sites (tertiary alicyclic amines) is 1. The highest BCUT2D eigenvalue weighted by molar-refractivity contribution is 7.09. The lowest BCUT2D eigenvalue weighted by atomic mass is 9.91. The number of aromatic nitrogens is 3. The fraction of sp³-hybridized carbons (Fsp3) is 0.435. The molecule has 1 N–H and O–H groups in total. The van der Waals surface area contributed by atoms with Crippen molar-refractivity contribution in [3.63, 3.8) is 0 Å². The molecule has 7 heteroatoms. The Hall–Kier alpha value is -2.51. The van der Waals surface area contributed by atoms with E-state index in [1.807, 2.05) is 34.8 Å². The number of carbonyl (C=O) groups excluding carboxylic acids is 1. The molecular weight excluding hydrogens is 394 g/mol. The van der Waals surface area contributed by atoms with E-state index in [-0.39, 0.29) is 5.91 Å². The van der Waals surface area contributed by atoms with Crippen molar-refractivity contribution in [1.29, 1.82) is 0 Å². The SMILES string of the molecule is Cn1nc(C(=O)N2CCCC2)c2c1CCC(NCc1nc(-c3ccccc3)cs1)C2. The van der Waals surface area contributed by atoms with Crippen LogP contribution in [0.5, 0.6) is 0 Å². The number of hydrogen-bond acceptors (Lipinski definition) is 5. The lowest BCUT2D eigenvalue weighted by Crippen LogP contribution is -2.35. The number of thiazole rings is 1. The van der Waals surface area contributed by atoms with Gasteiger partial charge in [0.15, 0.2) is 5.69 Å². The van der Waals surface area contributed by atoms with Gasteiger partial charge in [0.2, 0.25) is 0 Å². The Kier molecular flexibility index (Phi) is 5.39. The number of amides is 1. The largest absolute Gasteiger partial charge is 0.337 e. The van der Waals surface area contributed by atoms with Crippen molar-refractivity contribution in [3.05, 3.63) is 57.7 Å². The maximum Gasteiger partial charge on any atom is 0.274 e. The van der Waals surface area contributed by atoms with E-state index in [2.05, 4.69) is 27.9 Å². The van der Waals surface area contributed by atoms with Crippen LogP contribution in [-0.2, 0) is 26.4 Å². The molecule has 30 heavy (non-hydrogen) atoms. The molecule has 1 amide bonds. The van der Waals surface area contributed by atoms with Gasteiger partial charge < -0.3 is 10.2 Å². The average molecular weight is 422 g/mol. The van der Waals surface area contributed by atoms with Crippen LogP contribution in [0.3, 0.4) is 0 Å². The summed E-state index contributed by atoms with van der Waals surface area (Å²) < 4.78 is 1.92. The highest BCUT2D eigenvalue weighted by Crippen LogP contribution is 2.27. The van der Waals surface area contributed by atoms with Crippen molar-refractivity contribution in [2.24, 2.45) is 7.05 Å². The highest BCUT2D eigenvalue weighted by atomic mass is 32.1. The maximum absolute atomic E-state index is 13.0. The zero-order chi connectivity index (χ0) is 20.5. The predicted molar refractivity (Wildman–Crippen MR) is 119 cm³/mol. The van der Waals surface area contributed by atoms with E-state index in [0.29, 0.717) is 11.7 Å². The van der Waals surface area contributed by atoms with Crippen LogP contribution >= 0.6 is 11.3 Å². The Morgan fingerprint density at radius 1 is 1.23 bits per heavy atom. The molecule has 1 unspecified atom stereocenters. The zero-order valence-electron chi connectivity index (χ0n) is 17.3. The van der Waals surface area contributed by atoms with E-state index in [9.17, 15) is 4.79 Å². The van der Waals surface area contributed by atoms with E-state index in [1.54, 1.807) is 11.3 Å². The van der Waals surface area contributed by atoms with Gasteiger partial charge >= 0.3 is 0 Å². The molecule has 3 aromatic rings. The molecule has 5 rings (SSSR count). The molecule has 0 bridgehead atoms. The van der Waals surface area contributed by atoms with Crippen LogP contribution in [0.1, 0.15) is 46.0 Å². The molecule has 156 valence electrons. The molecule has 6 nitrogen and oxygen atoms in total. The first-order chi connectivity index (χ1) is 14.7. The van der Waals surface area contributed by atoms with E-state index in [1.165, 1.54) is 5.69 Å². The van der Waals surface area contributed by atoms with E-state index in [0.717, 1.165) is 73.6 Å². The molecule has 1 aromatic carbocycles. The molecule has 1 atom stereocenters. The standard InChI is InChI=1S/C23H27N5OS/c1-27-20-10-9-17(13-18(20)22(26-27)23(29)28-11-5-6-12-28)24-14-21-25-19(15-30-21)16-7-3-2-4-8-16/h2-4,7-8,15,17,24H,5-6,9-14H2,1H3. The maximum atomic E-state index is 13.0. The monoisotopic (exact) mass is 421 g/mol. The van der Waals surface area contributed by atoms with Gasteiger partial charge in [-0.3, -0.25) is 9.48 Å². The normalized spacial score (nSPS) is 18.6. The van der Waals surface area contributed by atoms with Crippen LogP contribution in [0, 0.1) is 0 Å². The highest BCUT2D eigenvalue weighted by Gasteiger charge is 2.31. The summed E-state index contributed by atoms with van der Waals surface area (Å²) in [5.74, 6) is 0.109. The smallest absolute Gasteiger partial charge is 0.274 e. The Morgan fingerprint density at radius 3 is 2.83 bits per heavy atom. The van der Waals surface area contributed by atoms with Crippen molar-refractivity contribution in [3.8, 4) is 11.3 Å². The Bertz CT molecular complexity index is 1040. The molecular formula is C23H27N5OS. The Labute approximate surface area is 180 Å². The molecule has 1 aliphatic heterocycles. The Balaban J connectivity index is 1.26. The van der Waals surface area contributed by atoms with Crippen LogP contribution in [0.2, 0.25) is 0 Å². The van der Waals surface area contributed by atoms with Gasteiger partial charge in [0.25, 0.3) is 5.91 Å². The summed E-state index contributed by atoms with van der Waals surface area (Å²) >= 11 is 1.70. The van der Waals surface area contributed by atoms with Gasteiger partial charge in [-0.15, -0.1) is 11.3 Å². The minimum atomic E-state index is 0.109. The molecule has 1 fully saturated rings. The molecule has 1 saturated heterocycles. The second-order valence-electron chi connectivity index (χ2n) is 8.21. The van der Waals surface area contributed by atoms with Crippen molar-refractivity contribution in [1.82, 2.24) is 25.0 Å². The molecule has 1 aliphatic carbocycles. The second-order valence-corrected chi connectivity index (χ2v) is 9.15. The minimum absolute atomic E-state index is 0.109. The summed E-state index contributed by atoms with van der Waals surface area (Å²) in [6.07, 6.45) is 5.07. The summed E-state index contributed by atoms with van der Waals surface area (Å²) in [5, 5.41) is 11.5. The van der Waals surface area contributed by atoms with Crippen LogP contribution < -0.4 is 5.32 Å². The van der Waals surface area contributed by atoms with Crippen molar-refractivity contribution in [2.75, 3.05) is 13.1 Å². The summed E-state index contributed by atoms with van der Waals surface area (Å²) in [6.45, 7) is 2.48. The lowest BCUT2D eigenvalue weighted by molar-refractivity contribution is 0.0785. The van der Waals surface area contributed by atoms with Crippen LogP contribution in [-0.4, -0.2) is 44.7 Å². The van der Waals surface area contributed by atoms with Gasteiger partial charge in [-0.2, -0.15) is 5.10 Å². The fourth-order valence-corrected chi connectivity index (χ4v) is 5.32. The van der Waals surface area contributed by atoms with Crippen LogP contribution in [0.4, 0.5) is 0 Å². The number of aryl methyl sites for hydroxylation is 1. The lowest BCUT2D eigenvalue weighted by Gasteiger charge is -2.24. The Morgan fingerprint density at radius 2 is 2.03 bits per heavy atom. The first-order valence-electron chi connectivity index (χ1n) is 10.8. The summed E-state index contributed by atoms with van der Waals surface area (Å²) in [6, 6.07) is 10.6. The zero-order valence-corrected chi connectivity index (χ0v) is 18.1. The third-order valence-electron chi connectivity index (χ3n) is 6.21. The van der Waals surface area contributed by atoms with E-state index >= 15 is 0 Å². The number of nitrogens with zero attached hydrogens (tertiary/aromatic N) is 4. The number of nitrogens with one attached hydrogen (secondary N) is 1. The molecule has 3 heterocycles. The molecule has 2 aromatic heterocycles. The van der Waals surface area contributed by atoms with Gasteiger partial charge in [-0.1, -0.05) is 30.3 Å². The third-order valence-corrected chi connectivity index (χ3v) is 7.06. The van der Waals surface area contributed by atoms with Gasteiger partial charge in [-0.25, -0.2) is 4.98 Å². The van der Waals surface area contributed by atoms with Gasteiger partial charge in [0.05, 0.1) is 5.69 Å². The number of rotatable bonds is 5. The first kappa shape index (κ1) is 19.5. The van der Waals surface area contributed by atoms with Crippen molar-refractivity contribution >= 4 is 17.2 Å². The number of benzene rings is 1. The van der Waals surface area contributed by atoms with Crippen LogP contribution in [0.15, 0.2) is 35.7 Å². The van der Waals surface area contributed by atoms with Gasteiger partial charge in [0, 0.05) is 54.9 Å². The van der Waals surface area contributed by atoms with Gasteiger partial charge in [-0.05, 0) is 32.1 Å². The minimum Gasteiger partial charge on any atom is -0.337 e. The quantitative estimate of drug-likeness (QED) is 0.686. The molecule has 0 radical (unpaired) electrons. The van der Waals surface area contributed by atoms with E-state index in [4.69, 9.17) is 4.98 Å². The van der Waals surface area contributed by atoms with Crippen molar-refractivity contribution in [2.45, 2.75) is 44.7 Å². The predicted octanol–water partition coefficient (Wildman–Crippen LogP) is 3.43. The second kappa shape index (κ2) is 8.32. The van der Waals surface area contributed by atoms with Crippen LogP contribution in [0.25, 0.3) is 11.3 Å². The van der Waals surface area contributed by atoms with E-state index < -0.39 is 0 Å². The number of fused-ring (bicyclic) bond motifs is 1. The van der Waals surface area contributed by atoms with Crippen molar-refractivity contribution < 1.29 is 4.79 Å². The number of hydrogen-bond donors (Lipinski definition) is 1. The average Bonchev–Trinajstić information content (AvgIpc) is 3.53.